The summed E-state index contributed by atoms with van der Waals surface area (Å²) in [6.07, 6.45) is 3.54. The lowest BCUT2D eigenvalue weighted by Crippen LogP contribution is -2.20. The van der Waals surface area contributed by atoms with Gasteiger partial charge in [-0.05, 0) is 26.2 Å². The fourth-order valence-corrected chi connectivity index (χ4v) is 2.35. The first-order valence-electron chi connectivity index (χ1n) is 7.69. The van der Waals surface area contributed by atoms with Crippen molar-refractivity contribution < 1.29 is 14.4 Å². The quantitative estimate of drug-likeness (QED) is 0.581. The predicted octanol–water partition coefficient (Wildman–Crippen LogP) is 2.33. The van der Waals surface area contributed by atoms with Gasteiger partial charge in [0.1, 0.15) is 5.82 Å². The van der Waals surface area contributed by atoms with Crippen LogP contribution in [0.25, 0.3) is 0 Å². The van der Waals surface area contributed by atoms with Gasteiger partial charge in [-0.25, -0.2) is 4.98 Å². The Labute approximate surface area is 129 Å². The molecule has 1 unspecified atom stereocenters. The maximum Gasteiger partial charge on any atom is 0.372 e. The topological polar surface area (TPSA) is 99.4 Å². The van der Waals surface area contributed by atoms with Crippen molar-refractivity contribution in [1.82, 2.24) is 9.97 Å². The molecule has 1 saturated heterocycles. The van der Waals surface area contributed by atoms with E-state index in [0.29, 0.717) is 25.4 Å². The van der Waals surface area contributed by atoms with E-state index < -0.39 is 4.92 Å². The summed E-state index contributed by atoms with van der Waals surface area (Å²) < 4.78 is 10.9. The van der Waals surface area contributed by atoms with Crippen LogP contribution in [0.15, 0.2) is 0 Å². The van der Waals surface area contributed by atoms with Gasteiger partial charge in [0.15, 0.2) is 0 Å². The zero-order chi connectivity index (χ0) is 15.9. The van der Waals surface area contributed by atoms with Crippen molar-refractivity contribution in [1.29, 1.82) is 0 Å². The Balaban J connectivity index is 2.27. The highest BCUT2D eigenvalue weighted by atomic mass is 16.6. The average Bonchev–Trinajstić information content (AvgIpc) is 2.98. The number of hydrogen-bond acceptors (Lipinski definition) is 7. The molecule has 1 aliphatic heterocycles. The largest absolute Gasteiger partial charge is 0.473 e. The summed E-state index contributed by atoms with van der Waals surface area (Å²) in [5, 5.41) is 14.4. The standard InChI is InChI=1S/C14H22N4O4/c1-3-6-11-16-13(15-9-10-7-5-8-22-10)12(18(19)20)14(17-11)21-4-2/h10H,3-9H2,1-2H3,(H,15,16,17). The third-order valence-electron chi connectivity index (χ3n) is 3.36. The van der Waals surface area contributed by atoms with E-state index in [4.69, 9.17) is 9.47 Å². The zero-order valence-electron chi connectivity index (χ0n) is 13.0. The van der Waals surface area contributed by atoms with E-state index in [1.165, 1.54) is 0 Å². The van der Waals surface area contributed by atoms with Gasteiger partial charge in [0.05, 0.1) is 17.6 Å². The maximum atomic E-state index is 11.4. The molecule has 2 heterocycles. The highest BCUT2D eigenvalue weighted by molar-refractivity contribution is 5.61. The lowest BCUT2D eigenvalue weighted by Gasteiger charge is -2.13. The van der Waals surface area contributed by atoms with Crippen LogP contribution in [0.1, 0.15) is 38.9 Å². The number of nitrogens with one attached hydrogen (secondary N) is 1. The Morgan fingerprint density at radius 1 is 1.45 bits per heavy atom. The van der Waals surface area contributed by atoms with Crippen LogP contribution in [0.4, 0.5) is 11.5 Å². The number of nitrogens with zero attached hydrogens (tertiary/aromatic N) is 3. The molecular formula is C14H22N4O4. The Morgan fingerprint density at radius 2 is 2.27 bits per heavy atom. The molecule has 1 fully saturated rings. The van der Waals surface area contributed by atoms with Crippen LogP contribution in [0, 0.1) is 10.1 Å². The third kappa shape index (κ3) is 4.03. The predicted molar refractivity (Wildman–Crippen MR) is 81.3 cm³/mol. The van der Waals surface area contributed by atoms with Crippen molar-refractivity contribution in [3.05, 3.63) is 15.9 Å². The van der Waals surface area contributed by atoms with Gasteiger partial charge in [0, 0.05) is 19.6 Å². The normalized spacial score (nSPS) is 17.5. The second-order valence-corrected chi connectivity index (χ2v) is 5.10. The number of rotatable bonds is 8. The molecule has 0 aromatic carbocycles. The molecule has 1 aromatic heterocycles. The maximum absolute atomic E-state index is 11.4. The van der Waals surface area contributed by atoms with Crippen molar-refractivity contribution >= 4 is 11.5 Å². The highest BCUT2D eigenvalue weighted by Crippen LogP contribution is 2.32. The lowest BCUT2D eigenvalue weighted by atomic mass is 10.2. The minimum absolute atomic E-state index is 0.0285. The van der Waals surface area contributed by atoms with E-state index in [2.05, 4.69) is 15.3 Å². The van der Waals surface area contributed by atoms with Crippen molar-refractivity contribution in [3.8, 4) is 5.88 Å². The van der Waals surface area contributed by atoms with Crippen molar-refractivity contribution in [3.63, 3.8) is 0 Å². The number of nitro groups is 1. The molecule has 0 radical (unpaired) electrons. The van der Waals surface area contributed by atoms with Crippen LogP contribution in [-0.2, 0) is 11.2 Å². The Bertz CT molecular complexity index is 518. The first-order chi connectivity index (χ1) is 10.7. The van der Waals surface area contributed by atoms with Gasteiger partial charge in [-0.15, -0.1) is 0 Å². The fourth-order valence-electron chi connectivity index (χ4n) is 2.35. The van der Waals surface area contributed by atoms with Crippen LogP contribution in [0.5, 0.6) is 5.88 Å². The van der Waals surface area contributed by atoms with Crippen molar-refractivity contribution in [2.45, 2.75) is 45.6 Å². The molecule has 22 heavy (non-hydrogen) atoms. The molecule has 0 spiro atoms. The molecule has 8 nitrogen and oxygen atoms in total. The van der Waals surface area contributed by atoms with Gasteiger partial charge in [-0.3, -0.25) is 10.1 Å². The van der Waals surface area contributed by atoms with E-state index in [9.17, 15) is 10.1 Å². The smallest absolute Gasteiger partial charge is 0.372 e. The number of anilines is 1. The minimum atomic E-state index is -0.501. The van der Waals surface area contributed by atoms with Gasteiger partial charge in [-0.2, -0.15) is 4.98 Å². The molecule has 1 N–H and O–H groups in total. The van der Waals surface area contributed by atoms with Crippen LogP contribution < -0.4 is 10.1 Å². The molecule has 0 bridgehead atoms. The number of aromatic nitrogens is 2. The lowest BCUT2D eigenvalue weighted by molar-refractivity contribution is -0.385. The van der Waals surface area contributed by atoms with Gasteiger partial charge in [0.2, 0.25) is 5.82 Å². The molecule has 0 amide bonds. The molecule has 0 saturated carbocycles. The summed E-state index contributed by atoms with van der Waals surface area (Å²) in [5.74, 6) is 0.787. The first kappa shape index (κ1) is 16.4. The number of hydrogen-bond donors (Lipinski definition) is 1. The summed E-state index contributed by atoms with van der Waals surface area (Å²) in [4.78, 5) is 19.3. The van der Waals surface area contributed by atoms with Crippen LogP contribution >= 0.6 is 0 Å². The van der Waals surface area contributed by atoms with Crippen LogP contribution in [0.3, 0.4) is 0 Å². The van der Waals surface area contributed by atoms with E-state index in [0.717, 1.165) is 25.9 Å². The monoisotopic (exact) mass is 310 g/mol. The minimum Gasteiger partial charge on any atom is -0.473 e. The Morgan fingerprint density at radius 3 is 2.86 bits per heavy atom. The Hall–Kier alpha value is -1.96. The molecule has 1 aliphatic rings. The van der Waals surface area contributed by atoms with Gasteiger partial charge < -0.3 is 14.8 Å². The van der Waals surface area contributed by atoms with Gasteiger partial charge in [-0.1, -0.05) is 6.92 Å². The molecular weight excluding hydrogens is 288 g/mol. The summed E-state index contributed by atoms with van der Waals surface area (Å²) in [6.45, 7) is 5.32. The second-order valence-electron chi connectivity index (χ2n) is 5.10. The van der Waals surface area contributed by atoms with Crippen LogP contribution in [0.2, 0.25) is 0 Å². The van der Waals surface area contributed by atoms with Gasteiger partial charge in [0.25, 0.3) is 5.88 Å². The van der Waals surface area contributed by atoms with Crippen LogP contribution in [-0.4, -0.2) is 40.8 Å². The van der Waals surface area contributed by atoms with E-state index in [-0.39, 0.29) is 23.5 Å². The van der Waals surface area contributed by atoms with E-state index in [1.807, 2.05) is 6.92 Å². The zero-order valence-corrected chi connectivity index (χ0v) is 13.0. The SMILES string of the molecule is CCCc1nc(NCC2CCCO2)c([N+](=O)[O-])c(OCC)n1. The molecule has 2 rings (SSSR count). The molecule has 1 atom stereocenters. The van der Waals surface area contributed by atoms with Crippen molar-refractivity contribution in [2.24, 2.45) is 0 Å². The molecule has 1 aromatic rings. The first-order valence-corrected chi connectivity index (χ1v) is 7.69. The summed E-state index contributed by atoms with van der Waals surface area (Å²) >= 11 is 0. The highest BCUT2D eigenvalue weighted by Gasteiger charge is 2.27. The fraction of sp³-hybridized carbons (Fsp3) is 0.714. The molecule has 0 aliphatic carbocycles. The van der Waals surface area contributed by atoms with E-state index >= 15 is 0 Å². The third-order valence-corrected chi connectivity index (χ3v) is 3.36. The van der Waals surface area contributed by atoms with E-state index in [1.54, 1.807) is 6.92 Å². The Kier molecular flexibility index (Phi) is 5.88. The molecule has 122 valence electrons. The number of ether oxygens (including phenoxy) is 2. The molecule has 8 heteroatoms. The van der Waals surface area contributed by atoms with Crippen molar-refractivity contribution in [2.75, 3.05) is 25.1 Å². The summed E-state index contributed by atoms with van der Waals surface area (Å²) in [7, 11) is 0. The number of aryl methyl sites for hydroxylation is 1. The summed E-state index contributed by atoms with van der Waals surface area (Å²) in [5.41, 5.74) is -0.209. The summed E-state index contributed by atoms with van der Waals surface area (Å²) in [6, 6.07) is 0. The van der Waals surface area contributed by atoms with Gasteiger partial charge >= 0.3 is 5.69 Å². The average molecular weight is 310 g/mol. The second kappa shape index (κ2) is 7.88.